The fourth-order valence-electron chi connectivity index (χ4n) is 1.30. The van der Waals surface area contributed by atoms with Gasteiger partial charge in [-0.25, -0.2) is 0 Å². The molecule has 0 bridgehead atoms. The summed E-state index contributed by atoms with van der Waals surface area (Å²) in [7, 11) is 0. The second-order valence-corrected chi connectivity index (χ2v) is 5.08. The summed E-state index contributed by atoms with van der Waals surface area (Å²) in [5.41, 5.74) is 0.376. The van der Waals surface area contributed by atoms with Crippen LogP contribution < -0.4 is 5.32 Å². The van der Waals surface area contributed by atoms with Crippen molar-refractivity contribution in [1.82, 2.24) is 15.1 Å². The fourth-order valence-corrected chi connectivity index (χ4v) is 1.30. The summed E-state index contributed by atoms with van der Waals surface area (Å²) >= 11 is 0. The molecule has 92 valence electrons. The van der Waals surface area contributed by atoms with E-state index in [0.717, 1.165) is 0 Å². The molecule has 0 unspecified atom stereocenters. The van der Waals surface area contributed by atoms with Crippen LogP contribution in [0.25, 0.3) is 0 Å². The Morgan fingerprint density at radius 2 is 2.29 bits per heavy atom. The molecular weight excluding hydrogens is 216 g/mol. The molecule has 0 saturated heterocycles. The summed E-state index contributed by atoms with van der Waals surface area (Å²) in [6, 6.07) is 1.87. The fraction of sp³-hybridized carbons (Fsp3) is 0.583. The van der Waals surface area contributed by atoms with Gasteiger partial charge in [-0.05, 0) is 27.7 Å². The van der Waals surface area contributed by atoms with E-state index < -0.39 is 0 Å². The lowest BCUT2D eigenvalue weighted by Gasteiger charge is -2.18. The normalized spacial score (nSPS) is 12.9. The third-order valence-electron chi connectivity index (χ3n) is 2.31. The molecule has 0 saturated carbocycles. The van der Waals surface area contributed by atoms with Gasteiger partial charge in [-0.2, -0.15) is 10.4 Å². The van der Waals surface area contributed by atoms with Crippen LogP contribution in [0, 0.1) is 11.3 Å². The van der Waals surface area contributed by atoms with Crippen LogP contribution in [0.15, 0.2) is 12.4 Å². The third kappa shape index (κ3) is 3.59. The highest BCUT2D eigenvalue weighted by Crippen LogP contribution is 2.13. The van der Waals surface area contributed by atoms with Crippen molar-refractivity contribution >= 4 is 5.91 Å². The van der Waals surface area contributed by atoms with Crippen molar-refractivity contribution < 1.29 is 4.79 Å². The summed E-state index contributed by atoms with van der Waals surface area (Å²) in [6.07, 6.45) is 3.56. The van der Waals surface area contributed by atoms with Gasteiger partial charge < -0.3 is 5.32 Å². The lowest BCUT2D eigenvalue weighted by molar-refractivity contribution is 0.0940. The number of hydrogen-bond donors (Lipinski definition) is 1. The van der Waals surface area contributed by atoms with E-state index in [1.165, 1.54) is 0 Å². The quantitative estimate of drug-likeness (QED) is 0.864. The molecule has 5 nitrogen and oxygen atoms in total. The van der Waals surface area contributed by atoms with E-state index in [-0.39, 0.29) is 17.5 Å². The minimum Gasteiger partial charge on any atom is -0.348 e. The molecule has 1 N–H and O–H groups in total. The maximum atomic E-state index is 11.8. The van der Waals surface area contributed by atoms with Gasteiger partial charge in [0.1, 0.15) is 0 Å². The first-order valence-corrected chi connectivity index (χ1v) is 5.57. The third-order valence-corrected chi connectivity index (χ3v) is 2.31. The number of rotatable bonds is 3. The van der Waals surface area contributed by atoms with E-state index in [2.05, 4.69) is 10.4 Å². The number of carbonyl (C=O) groups is 1. The Morgan fingerprint density at radius 3 is 2.76 bits per heavy atom. The molecule has 0 radical (unpaired) electrons. The van der Waals surface area contributed by atoms with Crippen LogP contribution in [0.3, 0.4) is 0 Å². The molecule has 0 aromatic carbocycles. The first kappa shape index (κ1) is 13.2. The molecule has 1 aromatic rings. The minimum absolute atomic E-state index is 0.142. The topological polar surface area (TPSA) is 70.7 Å². The SMILES string of the molecule is C[C@H](CC#N)NC(=O)c1cnn(C(C)(C)C)c1. The van der Waals surface area contributed by atoms with Crippen LogP contribution in [0.1, 0.15) is 44.5 Å². The molecule has 0 aliphatic rings. The molecule has 0 spiro atoms. The molecule has 1 aromatic heterocycles. The van der Waals surface area contributed by atoms with E-state index >= 15 is 0 Å². The Labute approximate surface area is 101 Å². The average Bonchev–Trinajstić information content (AvgIpc) is 2.65. The molecule has 1 heterocycles. The first-order valence-electron chi connectivity index (χ1n) is 5.57. The number of nitriles is 1. The van der Waals surface area contributed by atoms with E-state index in [9.17, 15) is 4.79 Å². The predicted octanol–water partition coefficient (Wildman–Crippen LogP) is 1.67. The van der Waals surface area contributed by atoms with Crippen LogP contribution in [0.4, 0.5) is 0 Å². The van der Waals surface area contributed by atoms with Gasteiger partial charge in [0.15, 0.2) is 0 Å². The molecular formula is C12H18N4O. The highest BCUT2D eigenvalue weighted by Gasteiger charge is 2.17. The first-order chi connectivity index (χ1) is 7.84. The van der Waals surface area contributed by atoms with Crippen molar-refractivity contribution in [1.29, 1.82) is 5.26 Å². The Kier molecular flexibility index (Phi) is 3.89. The van der Waals surface area contributed by atoms with Gasteiger partial charge in [-0.1, -0.05) is 0 Å². The Bertz CT molecular complexity index is 436. The average molecular weight is 234 g/mol. The van der Waals surface area contributed by atoms with Crippen molar-refractivity contribution in [3.8, 4) is 6.07 Å². The Balaban J connectivity index is 2.71. The maximum absolute atomic E-state index is 11.8. The van der Waals surface area contributed by atoms with Gasteiger partial charge in [0.05, 0.1) is 29.8 Å². The van der Waals surface area contributed by atoms with Crippen molar-refractivity contribution in [2.24, 2.45) is 0 Å². The number of nitrogens with one attached hydrogen (secondary N) is 1. The highest BCUT2D eigenvalue weighted by molar-refractivity contribution is 5.93. The van der Waals surface area contributed by atoms with Gasteiger partial charge in [-0.3, -0.25) is 9.48 Å². The monoisotopic (exact) mass is 234 g/mol. The maximum Gasteiger partial charge on any atom is 0.254 e. The van der Waals surface area contributed by atoms with Crippen molar-refractivity contribution in [3.63, 3.8) is 0 Å². The van der Waals surface area contributed by atoms with Gasteiger partial charge in [0.25, 0.3) is 5.91 Å². The number of hydrogen-bond acceptors (Lipinski definition) is 3. The molecule has 1 amide bonds. The molecule has 0 fully saturated rings. The zero-order chi connectivity index (χ0) is 13.1. The smallest absolute Gasteiger partial charge is 0.254 e. The van der Waals surface area contributed by atoms with Crippen molar-refractivity contribution in [3.05, 3.63) is 18.0 Å². The standard InChI is InChI=1S/C12H18N4O/c1-9(5-6-13)15-11(17)10-7-14-16(8-10)12(2,3)4/h7-9H,5H2,1-4H3,(H,15,17)/t9-/m1/s1. The number of amides is 1. The Hall–Kier alpha value is -1.83. The van der Waals surface area contributed by atoms with Crippen LogP contribution in [0.2, 0.25) is 0 Å². The lowest BCUT2D eigenvalue weighted by Crippen LogP contribution is -2.32. The van der Waals surface area contributed by atoms with Crippen molar-refractivity contribution in [2.45, 2.75) is 45.7 Å². The predicted molar refractivity (Wildman–Crippen MR) is 64.4 cm³/mol. The molecule has 1 rings (SSSR count). The summed E-state index contributed by atoms with van der Waals surface area (Å²) < 4.78 is 1.75. The highest BCUT2D eigenvalue weighted by atomic mass is 16.1. The number of aromatic nitrogens is 2. The lowest BCUT2D eigenvalue weighted by atomic mass is 10.1. The second kappa shape index (κ2) is 5.00. The molecule has 5 heteroatoms. The van der Waals surface area contributed by atoms with Crippen LogP contribution in [-0.4, -0.2) is 21.7 Å². The minimum atomic E-state index is -0.191. The zero-order valence-corrected chi connectivity index (χ0v) is 10.7. The van der Waals surface area contributed by atoms with E-state index in [4.69, 9.17) is 5.26 Å². The summed E-state index contributed by atoms with van der Waals surface area (Å²) in [4.78, 5) is 11.8. The molecule has 17 heavy (non-hydrogen) atoms. The van der Waals surface area contributed by atoms with Gasteiger partial charge in [-0.15, -0.1) is 0 Å². The van der Waals surface area contributed by atoms with Gasteiger partial charge in [0, 0.05) is 12.2 Å². The van der Waals surface area contributed by atoms with Crippen LogP contribution >= 0.6 is 0 Å². The largest absolute Gasteiger partial charge is 0.348 e. The van der Waals surface area contributed by atoms with Crippen LogP contribution in [0.5, 0.6) is 0 Å². The summed E-state index contributed by atoms with van der Waals surface area (Å²) in [6.45, 7) is 7.84. The van der Waals surface area contributed by atoms with E-state index in [1.54, 1.807) is 24.0 Å². The van der Waals surface area contributed by atoms with Gasteiger partial charge in [0.2, 0.25) is 0 Å². The molecule has 0 aliphatic heterocycles. The second-order valence-electron chi connectivity index (χ2n) is 5.08. The zero-order valence-electron chi connectivity index (χ0n) is 10.7. The van der Waals surface area contributed by atoms with E-state index in [1.807, 2.05) is 26.8 Å². The summed E-state index contributed by atoms with van der Waals surface area (Å²) in [5, 5.41) is 15.4. The molecule has 0 aliphatic carbocycles. The van der Waals surface area contributed by atoms with Gasteiger partial charge >= 0.3 is 0 Å². The number of nitrogens with zero attached hydrogens (tertiary/aromatic N) is 3. The van der Waals surface area contributed by atoms with Crippen molar-refractivity contribution in [2.75, 3.05) is 0 Å². The molecule has 1 atom stereocenters. The number of carbonyl (C=O) groups excluding carboxylic acids is 1. The van der Waals surface area contributed by atoms with Crippen LogP contribution in [-0.2, 0) is 5.54 Å². The summed E-state index contributed by atoms with van der Waals surface area (Å²) in [5.74, 6) is -0.191. The Morgan fingerprint density at radius 1 is 1.65 bits per heavy atom. The van der Waals surface area contributed by atoms with E-state index in [0.29, 0.717) is 12.0 Å².